The molecule has 0 unspecified atom stereocenters. The van der Waals surface area contributed by atoms with Crippen LogP contribution in [0.3, 0.4) is 0 Å². The van der Waals surface area contributed by atoms with Gasteiger partial charge in [-0.2, -0.15) is 0 Å². The van der Waals surface area contributed by atoms with Gasteiger partial charge in [-0.25, -0.2) is 0 Å². The second-order valence-electron chi connectivity index (χ2n) is 4.90. The summed E-state index contributed by atoms with van der Waals surface area (Å²) in [6, 6.07) is 18.7. The lowest BCUT2D eigenvalue weighted by Gasteiger charge is -2.14. The first-order chi connectivity index (χ1) is 9.65. The SMILES string of the molecule is C=C/C(=C(/C)C(=C)c1ccccc1C)c1ccccc1. The van der Waals surface area contributed by atoms with Crippen molar-refractivity contribution in [3.05, 3.63) is 96.1 Å². The van der Waals surface area contributed by atoms with E-state index in [4.69, 9.17) is 0 Å². The second-order valence-corrected chi connectivity index (χ2v) is 4.90. The van der Waals surface area contributed by atoms with Gasteiger partial charge in [-0.15, -0.1) is 0 Å². The molecule has 0 heterocycles. The zero-order valence-electron chi connectivity index (χ0n) is 12.2. The molecule has 0 aromatic heterocycles. The van der Waals surface area contributed by atoms with Crippen LogP contribution in [0.5, 0.6) is 0 Å². The van der Waals surface area contributed by atoms with Crippen molar-refractivity contribution in [3.8, 4) is 0 Å². The first kappa shape index (κ1) is 14.1. The van der Waals surface area contributed by atoms with Gasteiger partial charge >= 0.3 is 0 Å². The maximum Gasteiger partial charge on any atom is -0.0155 e. The Morgan fingerprint density at radius 1 is 0.950 bits per heavy atom. The quantitative estimate of drug-likeness (QED) is 0.621. The number of hydrogen-bond acceptors (Lipinski definition) is 0. The highest BCUT2D eigenvalue weighted by Gasteiger charge is 2.09. The molecule has 0 spiro atoms. The van der Waals surface area contributed by atoms with Crippen molar-refractivity contribution in [3.63, 3.8) is 0 Å². The molecule has 20 heavy (non-hydrogen) atoms. The van der Waals surface area contributed by atoms with Crippen molar-refractivity contribution in [2.75, 3.05) is 0 Å². The monoisotopic (exact) mass is 260 g/mol. The maximum absolute atomic E-state index is 4.27. The Morgan fingerprint density at radius 2 is 1.55 bits per heavy atom. The zero-order chi connectivity index (χ0) is 14.5. The predicted octanol–water partition coefficient (Wildman–Crippen LogP) is 5.67. The number of benzene rings is 2. The Balaban J connectivity index is 2.50. The van der Waals surface area contributed by atoms with E-state index >= 15 is 0 Å². The Kier molecular flexibility index (Phi) is 4.37. The zero-order valence-corrected chi connectivity index (χ0v) is 12.2. The van der Waals surface area contributed by atoms with Crippen molar-refractivity contribution in [1.29, 1.82) is 0 Å². The number of hydrogen-bond donors (Lipinski definition) is 0. The minimum atomic E-state index is 1.06. The third-order valence-corrected chi connectivity index (χ3v) is 3.62. The fourth-order valence-electron chi connectivity index (χ4n) is 2.38. The van der Waals surface area contributed by atoms with Gasteiger partial charge in [-0.3, -0.25) is 0 Å². The van der Waals surface area contributed by atoms with Crippen molar-refractivity contribution in [1.82, 2.24) is 0 Å². The van der Waals surface area contributed by atoms with E-state index in [1.54, 1.807) is 0 Å². The number of aryl methyl sites for hydroxylation is 1. The molecule has 0 saturated carbocycles. The van der Waals surface area contributed by atoms with Gasteiger partial charge in [-0.05, 0) is 47.3 Å². The summed E-state index contributed by atoms with van der Waals surface area (Å²) in [5.74, 6) is 0. The summed E-state index contributed by atoms with van der Waals surface area (Å²) in [6.07, 6.45) is 1.91. The highest BCUT2D eigenvalue weighted by atomic mass is 14.1. The average Bonchev–Trinajstić information content (AvgIpc) is 2.49. The van der Waals surface area contributed by atoms with Crippen LogP contribution in [0.1, 0.15) is 23.6 Å². The molecule has 2 aromatic rings. The van der Waals surface area contributed by atoms with E-state index in [1.165, 1.54) is 22.3 Å². The molecule has 0 nitrogen and oxygen atoms in total. The van der Waals surface area contributed by atoms with Gasteiger partial charge in [0.25, 0.3) is 0 Å². The summed E-state index contributed by atoms with van der Waals surface area (Å²) in [5, 5.41) is 0. The molecule has 0 bridgehead atoms. The lowest BCUT2D eigenvalue weighted by atomic mass is 9.91. The molecule has 0 heteroatoms. The number of allylic oxidation sites excluding steroid dienone is 4. The molecule has 0 atom stereocenters. The van der Waals surface area contributed by atoms with Crippen LogP contribution in [0.25, 0.3) is 11.1 Å². The highest BCUT2D eigenvalue weighted by molar-refractivity contribution is 5.91. The first-order valence-corrected chi connectivity index (χ1v) is 6.79. The summed E-state index contributed by atoms with van der Waals surface area (Å²) in [7, 11) is 0. The summed E-state index contributed by atoms with van der Waals surface area (Å²) in [5.41, 5.74) is 6.98. The van der Waals surface area contributed by atoms with E-state index in [0.29, 0.717) is 0 Å². The van der Waals surface area contributed by atoms with Crippen molar-refractivity contribution >= 4 is 11.1 Å². The van der Waals surface area contributed by atoms with E-state index in [2.05, 4.69) is 63.4 Å². The van der Waals surface area contributed by atoms with Crippen LogP contribution in [0.4, 0.5) is 0 Å². The first-order valence-electron chi connectivity index (χ1n) is 6.79. The lowest BCUT2D eigenvalue weighted by Crippen LogP contribution is -1.92. The maximum atomic E-state index is 4.27. The standard InChI is InChI=1S/C20H20/c1-5-19(18-12-7-6-8-13-18)16(3)17(4)20-14-10-9-11-15(20)2/h5-14H,1,4H2,2-3H3/b19-16+. The van der Waals surface area contributed by atoms with E-state index in [-0.39, 0.29) is 0 Å². The molecule has 0 saturated heterocycles. The summed E-state index contributed by atoms with van der Waals surface area (Å²) >= 11 is 0. The fraction of sp³-hybridized carbons (Fsp3) is 0.100. The lowest BCUT2D eigenvalue weighted by molar-refractivity contribution is 1.40. The molecule has 0 amide bonds. The van der Waals surface area contributed by atoms with Crippen LogP contribution in [-0.2, 0) is 0 Å². The van der Waals surface area contributed by atoms with Gasteiger partial charge in [0.15, 0.2) is 0 Å². The summed E-state index contributed by atoms with van der Waals surface area (Å²) in [4.78, 5) is 0. The average molecular weight is 260 g/mol. The number of rotatable bonds is 4. The summed E-state index contributed by atoms with van der Waals surface area (Å²) < 4.78 is 0. The molecule has 2 rings (SSSR count). The van der Waals surface area contributed by atoms with Gasteiger partial charge in [0, 0.05) is 0 Å². The van der Waals surface area contributed by atoms with Crippen LogP contribution < -0.4 is 0 Å². The molecule has 0 N–H and O–H groups in total. The smallest absolute Gasteiger partial charge is 0.0155 e. The molecule has 0 aliphatic heterocycles. The van der Waals surface area contributed by atoms with Gasteiger partial charge in [0.05, 0.1) is 0 Å². The minimum Gasteiger partial charge on any atom is -0.0984 e. The Morgan fingerprint density at radius 3 is 2.15 bits per heavy atom. The third kappa shape index (κ3) is 2.80. The van der Waals surface area contributed by atoms with Crippen molar-refractivity contribution in [2.45, 2.75) is 13.8 Å². The molecule has 0 aliphatic rings. The van der Waals surface area contributed by atoms with Crippen LogP contribution in [-0.4, -0.2) is 0 Å². The predicted molar refractivity (Wildman–Crippen MR) is 89.4 cm³/mol. The fourth-order valence-corrected chi connectivity index (χ4v) is 2.38. The van der Waals surface area contributed by atoms with Crippen LogP contribution in [0.2, 0.25) is 0 Å². The van der Waals surface area contributed by atoms with Crippen LogP contribution in [0, 0.1) is 6.92 Å². The third-order valence-electron chi connectivity index (χ3n) is 3.62. The second kappa shape index (κ2) is 6.21. The van der Waals surface area contributed by atoms with Gasteiger partial charge in [-0.1, -0.05) is 73.8 Å². The van der Waals surface area contributed by atoms with Crippen molar-refractivity contribution in [2.24, 2.45) is 0 Å². The molecule has 0 fully saturated rings. The van der Waals surface area contributed by atoms with E-state index in [0.717, 1.165) is 11.1 Å². The topological polar surface area (TPSA) is 0 Å². The molecule has 2 aromatic carbocycles. The molecule has 100 valence electrons. The van der Waals surface area contributed by atoms with E-state index in [9.17, 15) is 0 Å². The largest absolute Gasteiger partial charge is 0.0984 e. The molecular formula is C20H20. The van der Waals surface area contributed by atoms with Crippen LogP contribution >= 0.6 is 0 Å². The normalized spacial score (nSPS) is 11.7. The van der Waals surface area contributed by atoms with Crippen molar-refractivity contribution < 1.29 is 0 Å². The Bertz CT molecular complexity index is 657. The van der Waals surface area contributed by atoms with E-state index in [1.807, 2.05) is 24.3 Å². The Labute approximate surface area is 121 Å². The van der Waals surface area contributed by atoms with Gasteiger partial charge < -0.3 is 0 Å². The summed E-state index contributed by atoms with van der Waals surface area (Å²) in [6.45, 7) is 12.5. The van der Waals surface area contributed by atoms with E-state index < -0.39 is 0 Å². The molecule has 0 radical (unpaired) electrons. The molecule has 0 aliphatic carbocycles. The Hall–Kier alpha value is -2.34. The van der Waals surface area contributed by atoms with Gasteiger partial charge in [0.2, 0.25) is 0 Å². The van der Waals surface area contributed by atoms with Crippen LogP contribution in [0.15, 0.2) is 79.4 Å². The molecular weight excluding hydrogens is 240 g/mol. The minimum absolute atomic E-state index is 1.06. The van der Waals surface area contributed by atoms with Gasteiger partial charge in [0.1, 0.15) is 0 Å². The highest BCUT2D eigenvalue weighted by Crippen LogP contribution is 2.30.